The van der Waals surface area contributed by atoms with E-state index >= 15 is 0 Å². The van der Waals surface area contributed by atoms with Crippen LogP contribution in [-0.2, 0) is 20.2 Å². The van der Waals surface area contributed by atoms with E-state index < -0.39 is 21.8 Å². The number of H-pyrrole nitrogens is 1. The molecule has 0 saturated carbocycles. The summed E-state index contributed by atoms with van der Waals surface area (Å²) in [5.41, 5.74) is 8.68. The molecule has 0 radical (unpaired) electrons. The van der Waals surface area contributed by atoms with Gasteiger partial charge in [-0.3, -0.25) is 14.3 Å². The first-order chi connectivity index (χ1) is 17.0. The second kappa shape index (κ2) is 9.50. The lowest BCUT2D eigenvalue weighted by atomic mass is 9.87. The van der Waals surface area contributed by atoms with Crippen LogP contribution in [0.2, 0.25) is 0 Å². The largest absolute Gasteiger partial charge is 0.368 e. The molecule has 0 bridgehead atoms. The Bertz CT molecular complexity index is 1530. The van der Waals surface area contributed by atoms with Crippen LogP contribution in [0, 0.1) is 0 Å². The summed E-state index contributed by atoms with van der Waals surface area (Å²) in [4.78, 5) is 27.2. The van der Waals surface area contributed by atoms with Crippen molar-refractivity contribution in [2.45, 2.75) is 31.1 Å². The number of nitrogens with two attached hydrogens (primary N) is 1. The Kier molecular flexibility index (Phi) is 6.60. The maximum atomic E-state index is 13.1. The Hall–Kier alpha value is -4.11. The first kappa shape index (κ1) is 25.0. The second-order valence-corrected chi connectivity index (χ2v) is 11.2. The monoisotopic (exact) mass is 504 g/mol. The van der Waals surface area contributed by atoms with Gasteiger partial charge in [-0.25, -0.2) is 8.42 Å². The van der Waals surface area contributed by atoms with Crippen LogP contribution < -0.4 is 15.8 Å². The fourth-order valence-corrected chi connectivity index (χ4v) is 4.98. The molecule has 0 unspecified atom stereocenters. The first-order valence-electron chi connectivity index (χ1n) is 11.4. The number of sulfonamides is 1. The SMILES string of the molecule is CC(C)(C)c1ccc(S(=O)(=O)Nc2ccc3[nH]c(C(=O)NCC(N)=O)c(-c4ccccc4)c3c2)cc1. The molecule has 186 valence electrons. The summed E-state index contributed by atoms with van der Waals surface area (Å²) in [5, 5.41) is 3.15. The molecule has 4 aromatic rings. The molecule has 1 heterocycles. The van der Waals surface area contributed by atoms with Crippen molar-refractivity contribution in [3.63, 3.8) is 0 Å². The van der Waals surface area contributed by atoms with Gasteiger partial charge in [-0.1, -0.05) is 63.2 Å². The normalized spacial score (nSPS) is 11.9. The number of carbonyl (C=O) groups excluding carboxylic acids is 2. The molecule has 8 nitrogen and oxygen atoms in total. The third kappa shape index (κ3) is 5.26. The zero-order chi connectivity index (χ0) is 26.1. The Morgan fingerprint density at radius 1 is 0.944 bits per heavy atom. The maximum Gasteiger partial charge on any atom is 0.268 e. The van der Waals surface area contributed by atoms with E-state index in [0.717, 1.165) is 11.1 Å². The molecule has 4 rings (SSSR count). The molecule has 0 aliphatic rings. The quantitative estimate of drug-likeness (QED) is 0.301. The maximum absolute atomic E-state index is 13.1. The number of carbonyl (C=O) groups is 2. The second-order valence-electron chi connectivity index (χ2n) is 9.53. The number of aromatic nitrogens is 1. The number of fused-ring (bicyclic) bond motifs is 1. The van der Waals surface area contributed by atoms with Crippen molar-refractivity contribution in [1.29, 1.82) is 0 Å². The van der Waals surface area contributed by atoms with E-state index in [1.807, 2.05) is 42.5 Å². The van der Waals surface area contributed by atoms with Gasteiger partial charge in [-0.15, -0.1) is 0 Å². The minimum absolute atomic E-state index is 0.0929. The van der Waals surface area contributed by atoms with E-state index in [1.54, 1.807) is 30.3 Å². The summed E-state index contributed by atoms with van der Waals surface area (Å²) in [5.74, 6) is -1.15. The van der Waals surface area contributed by atoms with Crippen molar-refractivity contribution in [2.24, 2.45) is 5.73 Å². The minimum Gasteiger partial charge on any atom is -0.368 e. The zero-order valence-electron chi connectivity index (χ0n) is 20.3. The Balaban J connectivity index is 1.74. The van der Waals surface area contributed by atoms with E-state index in [1.165, 1.54) is 0 Å². The standard InChI is InChI=1S/C27H28N4O4S/c1-27(2,3)18-9-12-20(13-10-18)36(34,35)31-19-11-14-22-21(15-19)24(17-7-5-4-6-8-17)25(30-22)26(33)29-16-23(28)32/h4-15,30-31H,16H2,1-3H3,(H2,28,32)(H,29,33). The number of amides is 2. The summed E-state index contributed by atoms with van der Waals surface area (Å²) in [6, 6.07) is 21.1. The Labute approximate surface area is 210 Å². The van der Waals surface area contributed by atoms with Gasteiger partial charge in [-0.2, -0.15) is 0 Å². The smallest absolute Gasteiger partial charge is 0.268 e. The van der Waals surface area contributed by atoms with Crippen molar-refractivity contribution in [1.82, 2.24) is 10.3 Å². The van der Waals surface area contributed by atoms with E-state index in [2.05, 4.69) is 35.8 Å². The van der Waals surface area contributed by atoms with Crippen molar-refractivity contribution in [2.75, 3.05) is 11.3 Å². The van der Waals surface area contributed by atoms with Gasteiger partial charge in [0.1, 0.15) is 5.69 Å². The summed E-state index contributed by atoms with van der Waals surface area (Å²) in [6.45, 7) is 5.89. The van der Waals surface area contributed by atoms with Crippen LogP contribution in [-0.4, -0.2) is 31.8 Å². The molecule has 0 fully saturated rings. The van der Waals surface area contributed by atoms with Crippen LogP contribution in [0.4, 0.5) is 5.69 Å². The molecule has 1 aromatic heterocycles. The fraction of sp³-hybridized carbons (Fsp3) is 0.185. The van der Waals surface area contributed by atoms with Crippen molar-refractivity contribution >= 4 is 38.4 Å². The number of benzene rings is 3. The molecular formula is C27H28N4O4S. The van der Waals surface area contributed by atoms with Gasteiger partial charge in [0, 0.05) is 22.2 Å². The third-order valence-electron chi connectivity index (χ3n) is 5.79. The zero-order valence-corrected chi connectivity index (χ0v) is 21.1. The first-order valence-corrected chi connectivity index (χ1v) is 12.8. The Morgan fingerprint density at radius 3 is 2.22 bits per heavy atom. The molecule has 0 aliphatic carbocycles. The lowest BCUT2D eigenvalue weighted by molar-refractivity contribution is -0.117. The van der Waals surface area contributed by atoms with Crippen LogP contribution in [0.25, 0.3) is 22.0 Å². The highest BCUT2D eigenvalue weighted by molar-refractivity contribution is 7.92. The van der Waals surface area contributed by atoms with Gasteiger partial charge in [0.2, 0.25) is 5.91 Å². The molecule has 5 N–H and O–H groups in total. The van der Waals surface area contributed by atoms with Gasteiger partial charge >= 0.3 is 0 Å². The van der Waals surface area contributed by atoms with E-state index in [9.17, 15) is 18.0 Å². The minimum atomic E-state index is -3.84. The predicted molar refractivity (Wildman–Crippen MR) is 141 cm³/mol. The highest BCUT2D eigenvalue weighted by atomic mass is 32.2. The Morgan fingerprint density at radius 2 is 1.61 bits per heavy atom. The number of hydrogen-bond donors (Lipinski definition) is 4. The van der Waals surface area contributed by atoms with E-state index in [4.69, 9.17) is 5.73 Å². The van der Waals surface area contributed by atoms with Crippen LogP contribution in [0.15, 0.2) is 77.7 Å². The lowest BCUT2D eigenvalue weighted by Gasteiger charge is -2.19. The molecule has 2 amide bonds. The lowest BCUT2D eigenvalue weighted by Crippen LogP contribution is -2.33. The van der Waals surface area contributed by atoms with Crippen LogP contribution in [0.5, 0.6) is 0 Å². The highest BCUT2D eigenvalue weighted by Gasteiger charge is 2.22. The van der Waals surface area contributed by atoms with Crippen molar-refractivity contribution in [3.8, 4) is 11.1 Å². The molecule has 0 saturated heterocycles. The average molecular weight is 505 g/mol. The van der Waals surface area contributed by atoms with Gasteiger partial charge in [0.25, 0.3) is 15.9 Å². The van der Waals surface area contributed by atoms with Crippen molar-refractivity contribution < 1.29 is 18.0 Å². The van der Waals surface area contributed by atoms with Gasteiger partial charge < -0.3 is 16.0 Å². The van der Waals surface area contributed by atoms with E-state index in [-0.39, 0.29) is 22.5 Å². The number of hydrogen-bond acceptors (Lipinski definition) is 4. The fourth-order valence-electron chi connectivity index (χ4n) is 3.93. The summed E-state index contributed by atoms with van der Waals surface area (Å²) >= 11 is 0. The third-order valence-corrected chi connectivity index (χ3v) is 7.19. The van der Waals surface area contributed by atoms with Gasteiger partial charge in [-0.05, 0) is 46.9 Å². The van der Waals surface area contributed by atoms with Gasteiger partial charge in [0.05, 0.1) is 11.4 Å². The van der Waals surface area contributed by atoms with Crippen LogP contribution in [0.3, 0.4) is 0 Å². The molecule has 0 aliphatic heterocycles. The molecule has 0 spiro atoms. The summed E-state index contributed by atoms with van der Waals surface area (Å²) in [7, 11) is -3.84. The highest BCUT2D eigenvalue weighted by Crippen LogP contribution is 2.34. The van der Waals surface area contributed by atoms with Gasteiger partial charge in [0.15, 0.2) is 0 Å². The number of anilines is 1. The molecule has 36 heavy (non-hydrogen) atoms. The topological polar surface area (TPSA) is 134 Å². The molecule has 3 aromatic carbocycles. The van der Waals surface area contributed by atoms with Crippen LogP contribution >= 0.6 is 0 Å². The molecule has 0 atom stereocenters. The van der Waals surface area contributed by atoms with E-state index in [0.29, 0.717) is 22.2 Å². The molecular weight excluding hydrogens is 476 g/mol. The molecule has 9 heteroatoms. The summed E-state index contributed by atoms with van der Waals surface area (Å²) in [6.07, 6.45) is 0. The number of aromatic amines is 1. The van der Waals surface area contributed by atoms with Crippen LogP contribution in [0.1, 0.15) is 36.8 Å². The summed E-state index contributed by atoms with van der Waals surface area (Å²) < 4.78 is 28.8. The number of nitrogens with one attached hydrogen (secondary N) is 3. The average Bonchev–Trinajstić information content (AvgIpc) is 3.21. The predicted octanol–water partition coefficient (Wildman–Crippen LogP) is 4.15. The number of primary amides is 1. The van der Waals surface area contributed by atoms with Crippen molar-refractivity contribution in [3.05, 3.63) is 84.1 Å². The number of rotatable bonds is 7.